The maximum absolute atomic E-state index is 6.28. The van der Waals surface area contributed by atoms with E-state index in [0.717, 1.165) is 0 Å². The van der Waals surface area contributed by atoms with E-state index < -0.39 is 0 Å². The quantitative estimate of drug-likeness (QED) is 0.665. The zero-order chi connectivity index (χ0) is 11.1. The molecule has 0 aromatic carbocycles. The maximum atomic E-state index is 6.28. The van der Waals surface area contributed by atoms with Gasteiger partial charge in [0.25, 0.3) is 0 Å². The highest BCUT2D eigenvalue weighted by Crippen LogP contribution is 2.46. The Morgan fingerprint density at radius 3 is 2.13 bits per heavy atom. The molecule has 1 unspecified atom stereocenters. The molecular formula is C13H26N2. The van der Waals surface area contributed by atoms with Gasteiger partial charge in [-0.3, -0.25) is 4.90 Å². The Bertz CT molecular complexity index is 221. The van der Waals surface area contributed by atoms with E-state index in [2.05, 4.69) is 25.7 Å². The van der Waals surface area contributed by atoms with Crippen molar-refractivity contribution in [3.8, 4) is 0 Å². The van der Waals surface area contributed by atoms with Gasteiger partial charge in [-0.2, -0.15) is 0 Å². The van der Waals surface area contributed by atoms with Crippen LogP contribution in [0.5, 0.6) is 0 Å². The van der Waals surface area contributed by atoms with Crippen molar-refractivity contribution in [2.45, 2.75) is 64.5 Å². The minimum atomic E-state index is 0.338. The Morgan fingerprint density at radius 1 is 1.13 bits per heavy atom. The molecule has 1 aliphatic carbocycles. The lowest BCUT2D eigenvalue weighted by Gasteiger charge is -2.47. The molecule has 2 fully saturated rings. The molecule has 2 N–H and O–H groups in total. The zero-order valence-electron chi connectivity index (χ0n) is 10.6. The number of piperidine rings is 1. The average Bonchev–Trinajstić information content (AvgIpc) is 2.48. The summed E-state index contributed by atoms with van der Waals surface area (Å²) in [6, 6.07) is 0.486. The van der Waals surface area contributed by atoms with Crippen LogP contribution >= 0.6 is 0 Å². The van der Waals surface area contributed by atoms with Crippen LogP contribution in [-0.4, -0.2) is 29.6 Å². The monoisotopic (exact) mass is 210 g/mol. The van der Waals surface area contributed by atoms with Crippen molar-refractivity contribution in [2.75, 3.05) is 13.1 Å². The molecular weight excluding hydrogens is 184 g/mol. The first kappa shape index (κ1) is 11.4. The van der Waals surface area contributed by atoms with E-state index in [1.54, 1.807) is 0 Å². The Hall–Kier alpha value is -0.0800. The number of hydrogen-bond acceptors (Lipinski definition) is 2. The fourth-order valence-corrected chi connectivity index (χ4v) is 3.41. The number of likely N-dealkylation sites (tertiary alicyclic amines) is 1. The zero-order valence-corrected chi connectivity index (χ0v) is 10.6. The van der Waals surface area contributed by atoms with Gasteiger partial charge in [0.2, 0.25) is 0 Å². The van der Waals surface area contributed by atoms with Crippen LogP contribution in [0.4, 0.5) is 0 Å². The van der Waals surface area contributed by atoms with E-state index in [0.29, 0.717) is 17.0 Å². The Labute approximate surface area is 94.2 Å². The van der Waals surface area contributed by atoms with Crippen LogP contribution in [0.2, 0.25) is 0 Å². The number of nitrogens with zero attached hydrogens (tertiary/aromatic N) is 1. The molecule has 2 nitrogen and oxygen atoms in total. The highest BCUT2D eigenvalue weighted by Gasteiger charge is 2.43. The lowest BCUT2D eigenvalue weighted by Crippen LogP contribution is -2.52. The van der Waals surface area contributed by atoms with E-state index in [1.807, 2.05) is 0 Å². The van der Waals surface area contributed by atoms with Gasteiger partial charge in [-0.15, -0.1) is 0 Å². The van der Waals surface area contributed by atoms with Crippen LogP contribution in [0.15, 0.2) is 0 Å². The second-order valence-electron chi connectivity index (χ2n) is 6.52. The summed E-state index contributed by atoms with van der Waals surface area (Å²) in [6.45, 7) is 9.45. The molecule has 1 aliphatic heterocycles. The van der Waals surface area contributed by atoms with Crippen molar-refractivity contribution in [2.24, 2.45) is 11.1 Å². The summed E-state index contributed by atoms with van der Waals surface area (Å²) in [6.07, 6.45) is 6.65. The number of hydrogen-bond donors (Lipinski definition) is 1. The van der Waals surface area contributed by atoms with E-state index >= 15 is 0 Å². The largest absolute Gasteiger partial charge is 0.327 e. The van der Waals surface area contributed by atoms with Crippen molar-refractivity contribution in [3.05, 3.63) is 0 Å². The van der Waals surface area contributed by atoms with Crippen molar-refractivity contribution in [1.29, 1.82) is 0 Å². The number of nitrogens with two attached hydrogens (primary N) is 1. The average molecular weight is 210 g/mol. The predicted molar refractivity (Wildman–Crippen MR) is 64.8 cm³/mol. The van der Waals surface area contributed by atoms with Gasteiger partial charge in [-0.25, -0.2) is 0 Å². The molecule has 1 saturated heterocycles. The molecule has 2 heteroatoms. The van der Waals surface area contributed by atoms with Crippen molar-refractivity contribution in [3.63, 3.8) is 0 Å². The molecule has 0 amide bonds. The summed E-state index contributed by atoms with van der Waals surface area (Å²) in [4.78, 5) is 2.61. The molecule has 15 heavy (non-hydrogen) atoms. The van der Waals surface area contributed by atoms with Gasteiger partial charge in [-0.05, 0) is 65.0 Å². The van der Waals surface area contributed by atoms with Gasteiger partial charge >= 0.3 is 0 Å². The van der Waals surface area contributed by atoms with Gasteiger partial charge in [0, 0.05) is 11.6 Å². The predicted octanol–water partition coefficient (Wildman–Crippen LogP) is 2.38. The van der Waals surface area contributed by atoms with Gasteiger partial charge < -0.3 is 5.73 Å². The summed E-state index contributed by atoms with van der Waals surface area (Å²) in [5, 5.41) is 0. The molecule has 2 aliphatic rings. The fourth-order valence-electron chi connectivity index (χ4n) is 3.41. The van der Waals surface area contributed by atoms with Crippen molar-refractivity contribution in [1.82, 2.24) is 4.90 Å². The minimum Gasteiger partial charge on any atom is -0.327 e. The molecule has 0 aromatic heterocycles. The standard InChI is InChI=1S/C13H26N2/c1-12(2,3)15-9-7-13(8-10-15)6-4-5-11(13)14/h11H,4-10,14H2,1-3H3. The maximum Gasteiger partial charge on any atom is 0.0125 e. The topological polar surface area (TPSA) is 29.3 Å². The normalized spacial score (nSPS) is 32.4. The van der Waals surface area contributed by atoms with Gasteiger partial charge in [-0.1, -0.05) is 6.42 Å². The second kappa shape index (κ2) is 3.74. The fraction of sp³-hybridized carbons (Fsp3) is 1.00. The molecule has 0 aromatic rings. The summed E-state index contributed by atoms with van der Waals surface area (Å²) < 4.78 is 0. The molecule has 1 spiro atoms. The highest BCUT2D eigenvalue weighted by molar-refractivity contribution is 4.99. The first-order valence-corrected chi connectivity index (χ1v) is 6.45. The van der Waals surface area contributed by atoms with Gasteiger partial charge in [0.05, 0.1) is 0 Å². The molecule has 2 rings (SSSR count). The van der Waals surface area contributed by atoms with E-state index in [-0.39, 0.29) is 0 Å². The van der Waals surface area contributed by atoms with Crippen LogP contribution in [-0.2, 0) is 0 Å². The molecule has 1 atom stereocenters. The first-order valence-electron chi connectivity index (χ1n) is 6.45. The van der Waals surface area contributed by atoms with Crippen LogP contribution in [0.3, 0.4) is 0 Å². The van der Waals surface area contributed by atoms with E-state index in [4.69, 9.17) is 5.73 Å². The van der Waals surface area contributed by atoms with Crippen LogP contribution < -0.4 is 5.73 Å². The SMILES string of the molecule is CC(C)(C)N1CCC2(CCCC2N)CC1. The van der Waals surface area contributed by atoms with Crippen LogP contribution in [0, 0.1) is 5.41 Å². The smallest absolute Gasteiger partial charge is 0.0125 e. The highest BCUT2D eigenvalue weighted by atomic mass is 15.2. The lowest BCUT2D eigenvalue weighted by molar-refractivity contribution is 0.0380. The molecule has 1 saturated carbocycles. The first-order chi connectivity index (χ1) is 6.94. The summed E-state index contributed by atoms with van der Waals surface area (Å²) in [5.41, 5.74) is 7.13. The second-order valence-corrected chi connectivity index (χ2v) is 6.52. The lowest BCUT2D eigenvalue weighted by atomic mass is 9.73. The van der Waals surface area contributed by atoms with Crippen molar-refractivity contribution >= 4 is 0 Å². The molecule has 0 bridgehead atoms. The van der Waals surface area contributed by atoms with Crippen LogP contribution in [0.1, 0.15) is 52.9 Å². The summed E-state index contributed by atoms with van der Waals surface area (Å²) in [7, 11) is 0. The third-order valence-electron chi connectivity index (χ3n) is 4.68. The van der Waals surface area contributed by atoms with Gasteiger partial charge in [0.1, 0.15) is 0 Å². The van der Waals surface area contributed by atoms with Crippen LogP contribution in [0.25, 0.3) is 0 Å². The minimum absolute atomic E-state index is 0.338. The Morgan fingerprint density at radius 2 is 1.73 bits per heavy atom. The summed E-state index contributed by atoms with van der Waals surface area (Å²) >= 11 is 0. The summed E-state index contributed by atoms with van der Waals surface area (Å²) in [5.74, 6) is 0. The van der Waals surface area contributed by atoms with E-state index in [9.17, 15) is 0 Å². The third-order valence-corrected chi connectivity index (χ3v) is 4.68. The molecule has 88 valence electrons. The molecule has 1 heterocycles. The third kappa shape index (κ3) is 2.07. The van der Waals surface area contributed by atoms with Gasteiger partial charge in [0.15, 0.2) is 0 Å². The Kier molecular flexibility index (Phi) is 2.85. The molecule has 0 radical (unpaired) electrons. The van der Waals surface area contributed by atoms with E-state index in [1.165, 1.54) is 45.2 Å². The Balaban J connectivity index is 1.97. The number of rotatable bonds is 0. The van der Waals surface area contributed by atoms with Crippen molar-refractivity contribution < 1.29 is 0 Å².